The second-order valence-electron chi connectivity index (χ2n) is 24.7. The number of aromatic nitrogens is 8. The van der Waals surface area contributed by atoms with Gasteiger partial charge in [-0.1, -0.05) is 86.9 Å². The van der Waals surface area contributed by atoms with Gasteiger partial charge in [-0.05, 0) is 116 Å². The van der Waals surface area contributed by atoms with E-state index in [1.807, 2.05) is 41.7 Å². The van der Waals surface area contributed by atoms with Crippen molar-refractivity contribution in [1.82, 2.24) is 39.9 Å². The van der Waals surface area contributed by atoms with Crippen LogP contribution in [-0.2, 0) is 52.1 Å². The van der Waals surface area contributed by atoms with E-state index in [4.69, 9.17) is 41.5 Å². The van der Waals surface area contributed by atoms with Gasteiger partial charge in [0.2, 0.25) is 0 Å². The second kappa shape index (κ2) is 33.5. The third kappa shape index (κ3) is 18.1. The van der Waals surface area contributed by atoms with E-state index < -0.39 is 49.3 Å². The molecule has 0 atom stereocenters. The number of aliphatic hydroxyl groups is 4. The van der Waals surface area contributed by atoms with Gasteiger partial charge in [-0.15, -0.1) is 11.3 Å². The van der Waals surface area contributed by atoms with Crippen molar-refractivity contribution in [2.45, 2.75) is 144 Å². The largest absolute Gasteiger partial charge is 0.497 e. The Morgan fingerprint density at radius 2 is 0.830 bits per heavy atom. The fourth-order valence-electron chi connectivity index (χ4n) is 13.4. The van der Waals surface area contributed by atoms with E-state index >= 15 is 0 Å². The van der Waals surface area contributed by atoms with E-state index in [1.54, 1.807) is 7.11 Å². The van der Waals surface area contributed by atoms with Gasteiger partial charge < -0.3 is 29.9 Å². The molecule has 3 aromatic carbocycles. The lowest BCUT2D eigenvalue weighted by atomic mass is 9.70. The van der Waals surface area contributed by atoms with Crippen LogP contribution in [0.5, 0.6) is 5.75 Å². The Morgan fingerprint density at radius 3 is 1.20 bits per heavy atom. The maximum absolute atomic E-state index is 13.7. The molecule has 22 heteroatoms. The van der Waals surface area contributed by atoms with Crippen molar-refractivity contribution < 1.29 is 57.9 Å². The standard InChI is InChI=1S/C19H22N2O3.C18H19ClN2O2.C18H18F2N2O3.C17H20N2O2S/c1-24-16-6-4-15(5-7-16)19(8-2-3-9-19)10-18-20-11-14(12-21-18)17(23)13-22;19-15-5-3-4-14(8-15)18(6-1-2-7-18)9-17-20-10-13(11-21-17)16(23)12-22;19-14-5-13(6-15(20)7-14)18(1-3-25-4-2-18)8-17-21-9-12(10-22-17)16(24)11-23;20-12-14(21)13-10-18-16(19-11-13)9-17(6-2-1-3-7-17)15-5-4-8-22-15/h4-7,11-12,22H,2-3,8-10,13H2,1H3;3-5,8,10-11,22H,1-2,6-7,9,12H2;5-7,9-10,23H,1-4,8,11H2;4-5,8,10-11,20H,1-3,6-7,9,12H2. The minimum Gasteiger partial charge on any atom is -0.497 e. The maximum atomic E-state index is 13.7. The van der Waals surface area contributed by atoms with Gasteiger partial charge in [-0.25, -0.2) is 48.7 Å². The van der Waals surface area contributed by atoms with E-state index in [2.05, 4.69) is 75.6 Å². The fraction of sp³-hybridized carbons (Fsp3) is 0.417. The van der Waals surface area contributed by atoms with Crippen LogP contribution in [-0.4, -0.2) is 130 Å². The van der Waals surface area contributed by atoms with Crippen LogP contribution in [0.15, 0.2) is 134 Å². The smallest absolute Gasteiger partial charge is 0.191 e. The number of methoxy groups -OCH3 is 1. The molecule has 18 nitrogen and oxygen atoms in total. The Balaban J connectivity index is 0.000000148. The molecule has 494 valence electrons. The number of Topliss-reactive ketones (excluding diaryl/α,β-unsaturated/α-hetero) is 4. The normalized spacial score (nSPS) is 16.6. The first-order valence-corrected chi connectivity index (χ1v) is 33.1. The molecule has 4 N–H and O–H groups in total. The van der Waals surface area contributed by atoms with Crippen molar-refractivity contribution in [3.8, 4) is 5.75 Å². The Hall–Kier alpha value is -7.89. The lowest BCUT2D eigenvalue weighted by Gasteiger charge is -2.37. The van der Waals surface area contributed by atoms with Gasteiger partial charge in [0, 0.05) is 126 Å². The molecule has 4 fully saturated rings. The highest BCUT2D eigenvalue weighted by Crippen LogP contribution is 2.46. The topological polar surface area (TPSA) is 271 Å². The molecule has 0 amide bonds. The second-order valence-corrected chi connectivity index (χ2v) is 26.1. The monoisotopic (exact) mass is 1320 g/mol. The summed E-state index contributed by atoms with van der Waals surface area (Å²) < 4.78 is 38.1. The van der Waals surface area contributed by atoms with E-state index in [1.165, 1.54) is 135 Å². The zero-order valence-corrected chi connectivity index (χ0v) is 54.3. The Morgan fingerprint density at radius 1 is 0.457 bits per heavy atom. The molecule has 0 spiro atoms. The van der Waals surface area contributed by atoms with Crippen molar-refractivity contribution in [3.63, 3.8) is 0 Å². The third-order valence-electron chi connectivity index (χ3n) is 18.7. The number of carbonyl (C=O) groups is 4. The minimum atomic E-state index is -0.620. The number of nitrogens with zero attached hydrogens (tertiary/aromatic N) is 8. The number of aliphatic hydroxyl groups excluding tert-OH is 4. The highest BCUT2D eigenvalue weighted by molar-refractivity contribution is 7.10. The average Bonchev–Trinajstić information content (AvgIpc) is 1.35. The Bertz CT molecular complexity index is 3730. The summed E-state index contributed by atoms with van der Waals surface area (Å²) in [5, 5.41) is 38.4. The SMILES string of the molecule is COc1ccc(C2(Cc3ncc(C(=O)CO)cn3)CCCC2)cc1.O=C(CO)c1cnc(CC2(c3cc(F)cc(F)c3)CCOCC2)nc1.O=C(CO)c1cnc(CC2(c3cccc(Cl)c3)CCCC2)nc1.O=C(CO)c1cnc(CC2(c3cccs3)CCCCC2)nc1. The van der Waals surface area contributed by atoms with Crippen molar-refractivity contribution in [2.75, 3.05) is 46.8 Å². The summed E-state index contributed by atoms with van der Waals surface area (Å²) in [5.41, 5.74) is 4.09. The van der Waals surface area contributed by atoms with E-state index in [-0.39, 0.29) is 39.2 Å². The summed E-state index contributed by atoms with van der Waals surface area (Å²) in [6, 6.07) is 24.2. The van der Waals surface area contributed by atoms with Gasteiger partial charge in [0.15, 0.2) is 23.1 Å². The molecule has 0 bridgehead atoms. The molecule has 1 aliphatic heterocycles. The van der Waals surface area contributed by atoms with Gasteiger partial charge in [-0.2, -0.15) is 0 Å². The van der Waals surface area contributed by atoms with Gasteiger partial charge in [-0.3, -0.25) is 19.2 Å². The van der Waals surface area contributed by atoms with Crippen molar-refractivity contribution in [1.29, 1.82) is 0 Å². The van der Waals surface area contributed by atoms with Crippen LogP contribution >= 0.6 is 22.9 Å². The molecule has 8 aromatic rings. The zero-order valence-electron chi connectivity index (χ0n) is 52.7. The highest BCUT2D eigenvalue weighted by Gasteiger charge is 2.40. The van der Waals surface area contributed by atoms with Crippen molar-refractivity contribution in [2.24, 2.45) is 0 Å². The number of rotatable bonds is 21. The molecule has 94 heavy (non-hydrogen) atoms. The van der Waals surface area contributed by atoms with Crippen molar-refractivity contribution >= 4 is 46.1 Å². The summed E-state index contributed by atoms with van der Waals surface area (Å²) in [4.78, 5) is 81.7. The van der Waals surface area contributed by atoms with Crippen LogP contribution in [0.3, 0.4) is 0 Å². The molecule has 1 saturated heterocycles. The lowest BCUT2D eigenvalue weighted by Crippen LogP contribution is -2.36. The number of hydrogen-bond acceptors (Lipinski definition) is 19. The number of ether oxygens (including phenoxy) is 2. The first-order chi connectivity index (χ1) is 45.5. The average molecular weight is 1320 g/mol. The highest BCUT2D eigenvalue weighted by atomic mass is 35.5. The molecular formula is C72H79ClF2N8O10S. The van der Waals surface area contributed by atoms with E-state index in [9.17, 15) is 28.0 Å². The van der Waals surface area contributed by atoms with Crippen LogP contribution in [0, 0.1) is 11.6 Å². The summed E-state index contributed by atoms with van der Waals surface area (Å²) >= 11 is 7.98. The lowest BCUT2D eigenvalue weighted by molar-refractivity contribution is 0.0491. The number of halogens is 3. The van der Waals surface area contributed by atoms with E-state index in [0.29, 0.717) is 60.6 Å². The van der Waals surface area contributed by atoms with Crippen LogP contribution < -0.4 is 4.74 Å². The Kier molecular flexibility index (Phi) is 25.1. The molecule has 0 radical (unpaired) electrons. The summed E-state index contributed by atoms with van der Waals surface area (Å²) in [6.45, 7) is -1.17. The molecular weight excluding hydrogens is 1240 g/mol. The number of thiophene rings is 1. The first-order valence-electron chi connectivity index (χ1n) is 31.8. The molecule has 4 aliphatic rings. The van der Waals surface area contributed by atoms with Crippen LogP contribution in [0.1, 0.15) is 183 Å². The predicted molar refractivity (Wildman–Crippen MR) is 351 cm³/mol. The number of ketones is 4. The quantitative estimate of drug-likeness (QED) is 0.0487. The maximum Gasteiger partial charge on any atom is 0.191 e. The first kappa shape index (κ1) is 70.4. The van der Waals surface area contributed by atoms with Gasteiger partial charge in [0.05, 0.1) is 29.4 Å². The molecule has 3 aliphatic carbocycles. The third-order valence-corrected chi connectivity index (χ3v) is 20.1. The number of hydrogen-bond donors (Lipinski definition) is 4. The number of carbonyl (C=O) groups excluding carboxylic acids is 4. The molecule has 3 saturated carbocycles. The molecule has 12 rings (SSSR count). The van der Waals surface area contributed by atoms with Crippen LogP contribution in [0.25, 0.3) is 0 Å². The van der Waals surface area contributed by atoms with Gasteiger partial charge in [0.1, 0.15) is 67.1 Å². The molecule has 5 aromatic heterocycles. The summed E-state index contributed by atoms with van der Waals surface area (Å²) in [5.74, 6) is 0.826. The van der Waals surface area contributed by atoms with Gasteiger partial charge >= 0.3 is 0 Å². The zero-order chi connectivity index (χ0) is 66.6. The Labute approximate surface area is 554 Å². The number of benzene rings is 3. The summed E-state index contributed by atoms with van der Waals surface area (Å²) in [7, 11) is 1.67. The minimum absolute atomic E-state index is 0.0212. The fourth-order valence-corrected chi connectivity index (χ4v) is 14.6. The van der Waals surface area contributed by atoms with Crippen LogP contribution in [0.2, 0.25) is 5.02 Å². The van der Waals surface area contributed by atoms with E-state index in [0.717, 1.165) is 79.3 Å². The summed E-state index contributed by atoms with van der Waals surface area (Å²) in [6.07, 6.45) is 31.0. The molecule has 6 heterocycles. The predicted octanol–water partition coefficient (Wildman–Crippen LogP) is 11.5. The van der Waals surface area contributed by atoms with Gasteiger partial charge in [0.25, 0.3) is 0 Å². The molecule has 0 unspecified atom stereocenters. The van der Waals surface area contributed by atoms with Crippen molar-refractivity contribution in [3.05, 3.63) is 218 Å². The van der Waals surface area contributed by atoms with Crippen LogP contribution in [0.4, 0.5) is 8.78 Å².